The fourth-order valence-corrected chi connectivity index (χ4v) is 2.94. The molecule has 1 aromatic carbocycles. The summed E-state index contributed by atoms with van der Waals surface area (Å²) in [6, 6.07) is 6.48. The third-order valence-corrected chi connectivity index (χ3v) is 4.71. The van der Waals surface area contributed by atoms with Crippen molar-refractivity contribution in [3.63, 3.8) is 0 Å². The number of likely N-dealkylation sites (tertiary alicyclic amines) is 1. The van der Waals surface area contributed by atoms with Gasteiger partial charge in [-0.25, -0.2) is 4.79 Å². The van der Waals surface area contributed by atoms with Gasteiger partial charge >= 0.3 is 6.03 Å². The Kier molecular flexibility index (Phi) is 4.55. The largest absolute Gasteiger partial charge is 0.335 e. The van der Waals surface area contributed by atoms with E-state index in [0.717, 1.165) is 42.5 Å². The van der Waals surface area contributed by atoms with Crippen molar-refractivity contribution in [3.8, 4) is 0 Å². The summed E-state index contributed by atoms with van der Waals surface area (Å²) in [5.41, 5.74) is 3.10. The van der Waals surface area contributed by atoms with Gasteiger partial charge in [-0.3, -0.25) is 4.79 Å². The van der Waals surface area contributed by atoms with Crippen LogP contribution in [-0.2, 0) is 4.79 Å². The SMILES string of the molecule is Cc1ccc(C)c(NC(=O)C2CCN(C(=O)NC3CC3)CC2)c1. The van der Waals surface area contributed by atoms with Gasteiger partial charge in [0, 0.05) is 30.7 Å². The lowest BCUT2D eigenvalue weighted by molar-refractivity contribution is -0.121. The van der Waals surface area contributed by atoms with E-state index < -0.39 is 0 Å². The number of nitrogens with zero attached hydrogens (tertiary/aromatic N) is 1. The first-order chi connectivity index (χ1) is 11.0. The van der Waals surface area contributed by atoms with Crippen molar-refractivity contribution in [2.24, 2.45) is 5.92 Å². The van der Waals surface area contributed by atoms with E-state index >= 15 is 0 Å². The number of amides is 3. The zero-order valence-electron chi connectivity index (χ0n) is 13.9. The molecule has 1 heterocycles. The van der Waals surface area contributed by atoms with Gasteiger partial charge in [0.1, 0.15) is 0 Å². The van der Waals surface area contributed by atoms with Gasteiger partial charge in [-0.2, -0.15) is 0 Å². The summed E-state index contributed by atoms with van der Waals surface area (Å²) in [4.78, 5) is 26.3. The van der Waals surface area contributed by atoms with Crippen LogP contribution in [0.5, 0.6) is 0 Å². The van der Waals surface area contributed by atoms with E-state index in [-0.39, 0.29) is 17.9 Å². The molecular weight excluding hydrogens is 290 g/mol. The highest BCUT2D eigenvalue weighted by Crippen LogP contribution is 2.23. The summed E-state index contributed by atoms with van der Waals surface area (Å²) in [6.07, 6.45) is 3.66. The number of aryl methyl sites for hydroxylation is 2. The van der Waals surface area contributed by atoms with Gasteiger partial charge in [-0.15, -0.1) is 0 Å². The topological polar surface area (TPSA) is 61.4 Å². The summed E-state index contributed by atoms with van der Waals surface area (Å²) in [5, 5.41) is 6.06. The van der Waals surface area contributed by atoms with Gasteiger partial charge in [-0.1, -0.05) is 12.1 Å². The first-order valence-electron chi connectivity index (χ1n) is 8.46. The molecule has 5 heteroatoms. The van der Waals surface area contributed by atoms with E-state index in [4.69, 9.17) is 0 Å². The number of piperidine rings is 1. The molecule has 2 aliphatic rings. The number of hydrogen-bond acceptors (Lipinski definition) is 2. The molecule has 0 bridgehead atoms. The van der Waals surface area contributed by atoms with Crippen LogP contribution in [0.1, 0.15) is 36.8 Å². The number of benzene rings is 1. The van der Waals surface area contributed by atoms with Gasteiger partial charge in [0.05, 0.1) is 0 Å². The van der Waals surface area contributed by atoms with Crippen LogP contribution in [0.4, 0.5) is 10.5 Å². The minimum absolute atomic E-state index is 0.0140. The Bertz CT molecular complexity index is 602. The molecule has 3 amide bonds. The Labute approximate surface area is 137 Å². The quantitative estimate of drug-likeness (QED) is 0.901. The molecular formula is C18H25N3O2. The highest BCUT2D eigenvalue weighted by Gasteiger charge is 2.30. The molecule has 23 heavy (non-hydrogen) atoms. The number of rotatable bonds is 3. The zero-order chi connectivity index (χ0) is 16.4. The lowest BCUT2D eigenvalue weighted by atomic mass is 9.95. The van der Waals surface area contributed by atoms with E-state index in [2.05, 4.69) is 10.6 Å². The first-order valence-corrected chi connectivity index (χ1v) is 8.46. The summed E-state index contributed by atoms with van der Waals surface area (Å²) >= 11 is 0. The Hall–Kier alpha value is -2.04. The minimum Gasteiger partial charge on any atom is -0.335 e. The Balaban J connectivity index is 1.51. The van der Waals surface area contributed by atoms with Crippen LogP contribution >= 0.6 is 0 Å². The maximum absolute atomic E-state index is 12.5. The molecule has 0 radical (unpaired) electrons. The van der Waals surface area contributed by atoms with Crippen LogP contribution in [0.15, 0.2) is 18.2 Å². The average molecular weight is 315 g/mol. The Morgan fingerprint density at radius 2 is 1.78 bits per heavy atom. The van der Waals surface area contributed by atoms with Crippen LogP contribution < -0.4 is 10.6 Å². The lowest BCUT2D eigenvalue weighted by Crippen LogP contribution is -2.46. The van der Waals surface area contributed by atoms with Crippen LogP contribution in [0.25, 0.3) is 0 Å². The van der Waals surface area contributed by atoms with Gasteiger partial charge in [0.2, 0.25) is 5.91 Å². The zero-order valence-corrected chi connectivity index (χ0v) is 13.9. The number of carbonyl (C=O) groups is 2. The summed E-state index contributed by atoms with van der Waals surface area (Å²) in [6.45, 7) is 5.33. The van der Waals surface area contributed by atoms with Gasteiger partial charge in [-0.05, 0) is 56.7 Å². The lowest BCUT2D eigenvalue weighted by Gasteiger charge is -2.31. The second kappa shape index (κ2) is 6.60. The number of hydrogen-bond donors (Lipinski definition) is 2. The standard InChI is InChI=1S/C18H25N3O2/c1-12-3-4-13(2)16(11-12)20-17(22)14-7-9-21(10-8-14)18(23)19-15-5-6-15/h3-4,11,14-15H,5-10H2,1-2H3,(H,19,23)(H,20,22). The second-order valence-electron chi connectivity index (χ2n) is 6.79. The van der Waals surface area contributed by atoms with Crippen molar-refractivity contribution in [1.82, 2.24) is 10.2 Å². The van der Waals surface area contributed by atoms with Crippen LogP contribution in [0.2, 0.25) is 0 Å². The van der Waals surface area contributed by atoms with Crippen molar-refractivity contribution >= 4 is 17.6 Å². The predicted molar refractivity (Wildman–Crippen MR) is 90.4 cm³/mol. The molecule has 1 saturated carbocycles. The molecule has 2 fully saturated rings. The van der Waals surface area contributed by atoms with Gasteiger partial charge in [0.15, 0.2) is 0 Å². The first kappa shape index (κ1) is 15.8. The number of urea groups is 1. The number of nitrogens with one attached hydrogen (secondary N) is 2. The predicted octanol–water partition coefficient (Wildman–Crippen LogP) is 2.83. The minimum atomic E-state index is -0.0140. The fourth-order valence-electron chi connectivity index (χ4n) is 2.94. The van der Waals surface area contributed by atoms with Crippen molar-refractivity contribution in [2.45, 2.75) is 45.6 Å². The number of carbonyl (C=O) groups excluding carboxylic acids is 2. The molecule has 124 valence electrons. The second-order valence-corrected chi connectivity index (χ2v) is 6.79. The summed E-state index contributed by atoms with van der Waals surface area (Å²) < 4.78 is 0. The molecule has 0 unspecified atom stereocenters. The molecule has 5 nitrogen and oxygen atoms in total. The van der Waals surface area contributed by atoms with E-state index in [9.17, 15) is 9.59 Å². The summed E-state index contributed by atoms with van der Waals surface area (Å²) in [7, 11) is 0. The Morgan fingerprint density at radius 1 is 1.09 bits per heavy atom. The molecule has 2 N–H and O–H groups in total. The monoisotopic (exact) mass is 315 g/mol. The van der Waals surface area contributed by atoms with Gasteiger partial charge in [0.25, 0.3) is 0 Å². The van der Waals surface area contributed by atoms with Crippen molar-refractivity contribution in [2.75, 3.05) is 18.4 Å². The molecule has 1 aliphatic carbocycles. The highest BCUT2D eigenvalue weighted by atomic mass is 16.2. The highest BCUT2D eigenvalue weighted by molar-refractivity contribution is 5.93. The molecule has 0 spiro atoms. The van der Waals surface area contributed by atoms with E-state index in [1.807, 2.05) is 36.9 Å². The average Bonchev–Trinajstić information content (AvgIpc) is 3.35. The smallest absolute Gasteiger partial charge is 0.317 e. The Morgan fingerprint density at radius 3 is 2.43 bits per heavy atom. The molecule has 3 rings (SSSR count). The third-order valence-electron chi connectivity index (χ3n) is 4.71. The fraction of sp³-hybridized carbons (Fsp3) is 0.556. The molecule has 1 aromatic rings. The maximum atomic E-state index is 12.5. The number of anilines is 1. The molecule has 1 saturated heterocycles. The van der Waals surface area contributed by atoms with E-state index in [1.54, 1.807) is 0 Å². The molecule has 0 atom stereocenters. The van der Waals surface area contributed by atoms with Crippen LogP contribution in [-0.4, -0.2) is 36.0 Å². The van der Waals surface area contributed by atoms with E-state index in [0.29, 0.717) is 19.1 Å². The van der Waals surface area contributed by atoms with Crippen molar-refractivity contribution in [1.29, 1.82) is 0 Å². The van der Waals surface area contributed by atoms with Crippen LogP contribution in [0, 0.1) is 19.8 Å². The normalized spacial score (nSPS) is 18.6. The summed E-state index contributed by atoms with van der Waals surface area (Å²) in [5.74, 6) is 0.0563. The molecule has 0 aromatic heterocycles. The van der Waals surface area contributed by atoms with Gasteiger partial charge < -0.3 is 15.5 Å². The molecule has 1 aliphatic heterocycles. The van der Waals surface area contributed by atoms with E-state index in [1.165, 1.54) is 0 Å². The van der Waals surface area contributed by atoms with Crippen LogP contribution in [0.3, 0.4) is 0 Å². The van der Waals surface area contributed by atoms with Crippen molar-refractivity contribution in [3.05, 3.63) is 29.3 Å². The third kappa shape index (κ3) is 4.03. The van der Waals surface area contributed by atoms with Crippen molar-refractivity contribution < 1.29 is 9.59 Å². The maximum Gasteiger partial charge on any atom is 0.317 e.